The molecule has 1 aliphatic heterocycles. The molecular weight excluding hydrogens is 282 g/mol. The lowest BCUT2D eigenvalue weighted by Gasteiger charge is -2.18. The molecule has 0 aliphatic carbocycles. The number of hydrogen-bond donors (Lipinski definition) is 1. The Bertz CT molecular complexity index is 634. The van der Waals surface area contributed by atoms with Crippen LogP contribution in [0.3, 0.4) is 0 Å². The van der Waals surface area contributed by atoms with Crippen molar-refractivity contribution >= 4 is 5.96 Å². The molecule has 1 heterocycles. The third kappa shape index (κ3) is 4.13. The van der Waals surface area contributed by atoms with E-state index >= 15 is 0 Å². The van der Waals surface area contributed by atoms with Crippen LogP contribution in [0, 0.1) is 5.92 Å². The Labute approximate surface area is 139 Å². The summed E-state index contributed by atoms with van der Waals surface area (Å²) in [6, 6.07) is 21.5. The van der Waals surface area contributed by atoms with Gasteiger partial charge in [0.25, 0.3) is 0 Å². The van der Waals surface area contributed by atoms with Crippen LogP contribution in [0.2, 0.25) is 0 Å². The van der Waals surface area contributed by atoms with E-state index in [-0.39, 0.29) is 0 Å². The first-order valence-corrected chi connectivity index (χ1v) is 8.36. The summed E-state index contributed by atoms with van der Waals surface area (Å²) in [5.74, 6) is 1.62. The van der Waals surface area contributed by atoms with Gasteiger partial charge in [0.15, 0.2) is 5.96 Å². The smallest absolute Gasteiger partial charge is 0.194 e. The number of benzene rings is 2. The van der Waals surface area contributed by atoms with Gasteiger partial charge in [-0.25, -0.2) is 4.99 Å². The average molecular weight is 307 g/mol. The summed E-state index contributed by atoms with van der Waals surface area (Å²) in [7, 11) is 0. The molecule has 1 atom stereocenters. The summed E-state index contributed by atoms with van der Waals surface area (Å²) in [6.07, 6.45) is 0. The molecule has 0 aromatic heterocycles. The molecule has 23 heavy (non-hydrogen) atoms. The monoisotopic (exact) mass is 307 g/mol. The van der Waals surface area contributed by atoms with Crippen molar-refractivity contribution in [1.82, 2.24) is 10.2 Å². The first-order valence-electron chi connectivity index (χ1n) is 8.36. The van der Waals surface area contributed by atoms with Gasteiger partial charge in [0.05, 0.1) is 6.54 Å². The van der Waals surface area contributed by atoms with Crippen molar-refractivity contribution < 1.29 is 0 Å². The molecule has 0 bridgehead atoms. The summed E-state index contributed by atoms with van der Waals surface area (Å²) in [5.41, 5.74) is 2.57. The van der Waals surface area contributed by atoms with E-state index in [4.69, 9.17) is 4.99 Å². The number of nitrogens with one attached hydrogen (secondary N) is 1. The second-order valence-electron chi connectivity index (χ2n) is 6.49. The van der Waals surface area contributed by atoms with Crippen LogP contribution in [0.1, 0.15) is 25.0 Å². The normalized spacial score (nSPS) is 19.3. The minimum absolute atomic E-state index is 0.466. The lowest BCUT2D eigenvalue weighted by molar-refractivity contribution is 0.381. The molecule has 3 rings (SSSR count). The summed E-state index contributed by atoms with van der Waals surface area (Å²) >= 11 is 0. The number of rotatable bonds is 5. The number of nitrogens with zero attached hydrogens (tertiary/aromatic N) is 2. The number of guanidine groups is 1. The van der Waals surface area contributed by atoms with Gasteiger partial charge in [-0.2, -0.15) is 0 Å². The van der Waals surface area contributed by atoms with Gasteiger partial charge in [-0.3, -0.25) is 0 Å². The second-order valence-corrected chi connectivity index (χ2v) is 6.49. The minimum atomic E-state index is 0.466. The third-order valence-electron chi connectivity index (χ3n) is 4.31. The van der Waals surface area contributed by atoms with Crippen molar-refractivity contribution in [2.75, 3.05) is 6.54 Å². The molecule has 0 saturated carbocycles. The molecule has 2 aromatic carbocycles. The maximum absolute atomic E-state index is 4.84. The van der Waals surface area contributed by atoms with Crippen LogP contribution >= 0.6 is 0 Å². The zero-order valence-electron chi connectivity index (χ0n) is 13.9. The van der Waals surface area contributed by atoms with E-state index in [0.29, 0.717) is 12.0 Å². The first kappa shape index (κ1) is 15.6. The number of aliphatic imine (C=N–C) groups is 1. The van der Waals surface area contributed by atoms with Gasteiger partial charge < -0.3 is 10.2 Å². The van der Waals surface area contributed by atoms with E-state index in [0.717, 1.165) is 25.6 Å². The Hall–Kier alpha value is -2.29. The lowest BCUT2D eigenvalue weighted by Crippen LogP contribution is -2.32. The highest BCUT2D eigenvalue weighted by atomic mass is 15.4. The maximum Gasteiger partial charge on any atom is 0.194 e. The Morgan fingerprint density at radius 2 is 1.61 bits per heavy atom. The quantitative estimate of drug-likeness (QED) is 0.912. The fourth-order valence-corrected chi connectivity index (χ4v) is 2.84. The van der Waals surface area contributed by atoms with Crippen molar-refractivity contribution in [3.05, 3.63) is 71.8 Å². The predicted octanol–water partition coefficient (Wildman–Crippen LogP) is 3.67. The molecule has 3 heteroatoms. The topological polar surface area (TPSA) is 27.6 Å². The Morgan fingerprint density at radius 3 is 2.22 bits per heavy atom. The molecule has 2 aromatic rings. The van der Waals surface area contributed by atoms with E-state index in [1.54, 1.807) is 0 Å². The van der Waals surface area contributed by atoms with Gasteiger partial charge in [0, 0.05) is 19.1 Å². The van der Waals surface area contributed by atoms with Crippen LogP contribution in [0.15, 0.2) is 65.7 Å². The van der Waals surface area contributed by atoms with Gasteiger partial charge >= 0.3 is 0 Å². The van der Waals surface area contributed by atoms with Crippen molar-refractivity contribution in [2.24, 2.45) is 10.9 Å². The molecule has 1 saturated heterocycles. The Kier molecular flexibility index (Phi) is 4.96. The highest BCUT2D eigenvalue weighted by molar-refractivity contribution is 5.82. The van der Waals surface area contributed by atoms with Crippen LogP contribution in [0.25, 0.3) is 0 Å². The van der Waals surface area contributed by atoms with E-state index in [1.807, 2.05) is 6.07 Å². The Morgan fingerprint density at radius 1 is 1.00 bits per heavy atom. The molecule has 1 fully saturated rings. The van der Waals surface area contributed by atoms with E-state index in [1.165, 1.54) is 11.1 Å². The van der Waals surface area contributed by atoms with E-state index in [2.05, 4.69) is 78.7 Å². The molecule has 0 spiro atoms. The minimum Gasteiger partial charge on any atom is -0.351 e. The molecule has 1 unspecified atom stereocenters. The molecule has 1 N–H and O–H groups in total. The SMILES string of the molecule is CC(C)C1CN(Cc2ccccc2)C(=NCc2ccccc2)N1. The molecule has 120 valence electrons. The predicted molar refractivity (Wildman–Crippen MR) is 96.2 cm³/mol. The third-order valence-corrected chi connectivity index (χ3v) is 4.31. The molecule has 1 aliphatic rings. The van der Waals surface area contributed by atoms with Crippen LogP contribution in [-0.2, 0) is 13.1 Å². The molecule has 0 radical (unpaired) electrons. The van der Waals surface area contributed by atoms with Crippen molar-refractivity contribution in [1.29, 1.82) is 0 Å². The zero-order valence-corrected chi connectivity index (χ0v) is 13.9. The van der Waals surface area contributed by atoms with Crippen LogP contribution in [0.4, 0.5) is 0 Å². The highest BCUT2D eigenvalue weighted by Crippen LogP contribution is 2.16. The standard InChI is InChI=1S/C20H25N3/c1-16(2)19-15-23(14-18-11-7-4-8-12-18)20(22-19)21-13-17-9-5-3-6-10-17/h3-12,16,19H,13-15H2,1-2H3,(H,21,22). The zero-order chi connectivity index (χ0) is 16.1. The van der Waals surface area contributed by atoms with Gasteiger partial charge in [-0.05, 0) is 17.0 Å². The molecular formula is C20H25N3. The Balaban J connectivity index is 1.74. The van der Waals surface area contributed by atoms with Gasteiger partial charge in [-0.15, -0.1) is 0 Å². The van der Waals surface area contributed by atoms with Gasteiger partial charge in [-0.1, -0.05) is 74.5 Å². The van der Waals surface area contributed by atoms with Crippen LogP contribution in [0.5, 0.6) is 0 Å². The number of hydrogen-bond acceptors (Lipinski definition) is 1. The summed E-state index contributed by atoms with van der Waals surface area (Å²) in [5, 5.41) is 3.61. The first-order chi connectivity index (χ1) is 11.2. The lowest BCUT2D eigenvalue weighted by atomic mass is 10.1. The molecule has 3 nitrogen and oxygen atoms in total. The van der Waals surface area contributed by atoms with Crippen molar-refractivity contribution in [3.63, 3.8) is 0 Å². The van der Waals surface area contributed by atoms with Crippen LogP contribution in [-0.4, -0.2) is 23.4 Å². The van der Waals surface area contributed by atoms with Crippen molar-refractivity contribution in [2.45, 2.75) is 33.0 Å². The summed E-state index contributed by atoms with van der Waals surface area (Å²) < 4.78 is 0. The fourth-order valence-electron chi connectivity index (χ4n) is 2.84. The van der Waals surface area contributed by atoms with Crippen LogP contribution < -0.4 is 5.32 Å². The van der Waals surface area contributed by atoms with Gasteiger partial charge in [0.2, 0.25) is 0 Å². The molecule has 0 amide bonds. The fraction of sp³-hybridized carbons (Fsp3) is 0.350. The summed E-state index contributed by atoms with van der Waals surface area (Å²) in [6.45, 7) is 7.17. The van der Waals surface area contributed by atoms with Gasteiger partial charge in [0.1, 0.15) is 0 Å². The average Bonchev–Trinajstić information content (AvgIpc) is 2.98. The maximum atomic E-state index is 4.84. The highest BCUT2D eigenvalue weighted by Gasteiger charge is 2.28. The van der Waals surface area contributed by atoms with E-state index < -0.39 is 0 Å². The van der Waals surface area contributed by atoms with Crippen molar-refractivity contribution in [3.8, 4) is 0 Å². The second kappa shape index (κ2) is 7.32. The largest absolute Gasteiger partial charge is 0.351 e. The summed E-state index contributed by atoms with van der Waals surface area (Å²) in [4.78, 5) is 7.20. The van der Waals surface area contributed by atoms with E-state index in [9.17, 15) is 0 Å².